The number of hydrazine groups is 1. The van der Waals surface area contributed by atoms with E-state index in [1.165, 1.54) is 11.3 Å². The van der Waals surface area contributed by atoms with Gasteiger partial charge in [-0.25, -0.2) is 5.43 Å². The van der Waals surface area contributed by atoms with Crippen molar-refractivity contribution in [2.45, 2.75) is 13.0 Å². The Bertz CT molecular complexity index is 819. The number of carbonyl (C=O) groups is 1. The fourth-order valence-corrected chi connectivity index (χ4v) is 4.48. The number of nitrogens with one attached hydrogen (secondary N) is 2. The average Bonchev–Trinajstić information content (AvgIpc) is 3.18. The zero-order chi connectivity index (χ0) is 18.8. The molecule has 2 aromatic rings. The molecule has 2 heterocycles. The molecule has 142 valence electrons. The third-order valence-electron chi connectivity index (χ3n) is 5.55. The van der Waals surface area contributed by atoms with E-state index in [4.69, 9.17) is 0 Å². The summed E-state index contributed by atoms with van der Waals surface area (Å²) in [4.78, 5) is 17.6. The first-order valence-electron chi connectivity index (χ1n) is 9.47. The van der Waals surface area contributed by atoms with Gasteiger partial charge in [0.2, 0.25) is 5.91 Å². The zero-order valence-electron chi connectivity index (χ0n) is 15.5. The number of benzene rings is 2. The SMILES string of the molecule is Cc1ccccc1N1CCN(C(=O)C2CNNC2c2cccc(Br)c2)CC1. The van der Waals surface area contributed by atoms with Gasteiger partial charge in [-0.3, -0.25) is 10.2 Å². The largest absolute Gasteiger partial charge is 0.368 e. The monoisotopic (exact) mass is 428 g/mol. The van der Waals surface area contributed by atoms with Gasteiger partial charge in [-0.15, -0.1) is 0 Å². The van der Waals surface area contributed by atoms with Gasteiger partial charge in [0.05, 0.1) is 12.0 Å². The van der Waals surface area contributed by atoms with Crippen molar-refractivity contribution in [3.05, 3.63) is 64.1 Å². The summed E-state index contributed by atoms with van der Waals surface area (Å²) in [5, 5.41) is 0. The quantitative estimate of drug-likeness (QED) is 0.788. The Balaban J connectivity index is 1.42. The van der Waals surface area contributed by atoms with Crippen molar-refractivity contribution < 1.29 is 4.79 Å². The summed E-state index contributed by atoms with van der Waals surface area (Å²) in [6, 6.07) is 16.7. The van der Waals surface area contributed by atoms with Crippen LogP contribution in [0, 0.1) is 12.8 Å². The predicted octanol–water partition coefficient (Wildman–Crippen LogP) is 2.87. The number of anilines is 1. The molecule has 2 unspecified atom stereocenters. The minimum Gasteiger partial charge on any atom is -0.368 e. The highest BCUT2D eigenvalue weighted by atomic mass is 79.9. The molecule has 0 aromatic heterocycles. The van der Waals surface area contributed by atoms with E-state index in [1.54, 1.807) is 0 Å². The van der Waals surface area contributed by atoms with Crippen LogP contribution >= 0.6 is 15.9 Å². The fourth-order valence-electron chi connectivity index (χ4n) is 4.06. The Hall–Kier alpha value is -1.89. The summed E-state index contributed by atoms with van der Waals surface area (Å²) in [6.45, 7) is 6.11. The number of piperazine rings is 1. The number of para-hydroxylation sites is 1. The molecule has 2 aliphatic rings. The molecule has 2 atom stereocenters. The molecular formula is C21H25BrN4O. The highest BCUT2D eigenvalue weighted by Gasteiger charge is 2.37. The van der Waals surface area contributed by atoms with E-state index in [-0.39, 0.29) is 17.9 Å². The molecule has 0 bridgehead atoms. The molecule has 5 nitrogen and oxygen atoms in total. The lowest BCUT2D eigenvalue weighted by atomic mass is 9.93. The van der Waals surface area contributed by atoms with E-state index < -0.39 is 0 Å². The third kappa shape index (κ3) is 3.88. The van der Waals surface area contributed by atoms with Crippen molar-refractivity contribution in [1.29, 1.82) is 0 Å². The molecule has 0 radical (unpaired) electrons. The molecule has 2 fully saturated rings. The molecular weight excluding hydrogens is 404 g/mol. The van der Waals surface area contributed by atoms with E-state index in [0.29, 0.717) is 6.54 Å². The molecule has 0 saturated carbocycles. The van der Waals surface area contributed by atoms with Crippen molar-refractivity contribution in [1.82, 2.24) is 15.8 Å². The van der Waals surface area contributed by atoms with Crippen LogP contribution in [-0.2, 0) is 4.79 Å². The van der Waals surface area contributed by atoms with Gasteiger partial charge in [-0.1, -0.05) is 46.3 Å². The van der Waals surface area contributed by atoms with Gasteiger partial charge in [0.15, 0.2) is 0 Å². The van der Waals surface area contributed by atoms with Crippen molar-refractivity contribution in [3.63, 3.8) is 0 Å². The van der Waals surface area contributed by atoms with E-state index in [9.17, 15) is 4.79 Å². The van der Waals surface area contributed by atoms with Crippen LogP contribution in [0.15, 0.2) is 53.0 Å². The second kappa shape index (κ2) is 8.00. The minimum atomic E-state index is -0.0793. The predicted molar refractivity (Wildman–Crippen MR) is 111 cm³/mol. The summed E-state index contributed by atoms with van der Waals surface area (Å²) in [5.41, 5.74) is 10.2. The highest BCUT2D eigenvalue weighted by Crippen LogP contribution is 2.29. The van der Waals surface area contributed by atoms with Crippen LogP contribution in [0.1, 0.15) is 17.2 Å². The number of aryl methyl sites for hydroxylation is 1. The molecule has 27 heavy (non-hydrogen) atoms. The molecule has 6 heteroatoms. The van der Waals surface area contributed by atoms with Crippen LogP contribution in [0.25, 0.3) is 0 Å². The van der Waals surface area contributed by atoms with Crippen molar-refractivity contribution in [2.75, 3.05) is 37.6 Å². The van der Waals surface area contributed by atoms with Crippen LogP contribution in [-0.4, -0.2) is 43.5 Å². The minimum absolute atomic E-state index is 0.00407. The van der Waals surface area contributed by atoms with Crippen molar-refractivity contribution in [3.8, 4) is 0 Å². The Kier molecular flexibility index (Phi) is 5.48. The van der Waals surface area contributed by atoms with Gasteiger partial charge in [0, 0.05) is 42.9 Å². The van der Waals surface area contributed by atoms with Gasteiger partial charge in [0.1, 0.15) is 0 Å². The van der Waals surface area contributed by atoms with Crippen LogP contribution in [0.3, 0.4) is 0 Å². The topological polar surface area (TPSA) is 47.6 Å². The average molecular weight is 429 g/mol. The second-order valence-corrected chi connectivity index (χ2v) is 8.18. The number of amides is 1. The molecule has 2 N–H and O–H groups in total. The summed E-state index contributed by atoms with van der Waals surface area (Å²) < 4.78 is 1.03. The van der Waals surface area contributed by atoms with E-state index >= 15 is 0 Å². The van der Waals surface area contributed by atoms with Crippen LogP contribution in [0.2, 0.25) is 0 Å². The lowest BCUT2D eigenvalue weighted by molar-refractivity contribution is -0.135. The Morgan fingerprint density at radius 2 is 1.85 bits per heavy atom. The van der Waals surface area contributed by atoms with E-state index in [2.05, 4.69) is 75.0 Å². The van der Waals surface area contributed by atoms with E-state index in [1.807, 2.05) is 17.0 Å². The zero-order valence-corrected chi connectivity index (χ0v) is 17.1. The maximum atomic E-state index is 13.2. The third-order valence-corrected chi connectivity index (χ3v) is 6.05. The maximum Gasteiger partial charge on any atom is 0.229 e. The number of carbonyl (C=O) groups excluding carboxylic acids is 1. The first-order valence-corrected chi connectivity index (χ1v) is 10.3. The Morgan fingerprint density at radius 1 is 1.07 bits per heavy atom. The number of rotatable bonds is 3. The number of nitrogens with zero attached hydrogens (tertiary/aromatic N) is 2. The fraction of sp³-hybridized carbons (Fsp3) is 0.381. The maximum absolute atomic E-state index is 13.2. The summed E-state index contributed by atoms with van der Waals surface area (Å²) >= 11 is 3.53. The summed E-state index contributed by atoms with van der Waals surface area (Å²) in [5.74, 6) is 0.159. The normalized spacial score (nSPS) is 22.9. The number of halogens is 1. The first-order chi connectivity index (χ1) is 13.1. The lowest BCUT2D eigenvalue weighted by Crippen LogP contribution is -2.51. The van der Waals surface area contributed by atoms with E-state index in [0.717, 1.165) is 36.2 Å². The van der Waals surface area contributed by atoms with Crippen LogP contribution in [0.5, 0.6) is 0 Å². The van der Waals surface area contributed by atoms with Gasteiger partial charge >= 0.3 is 0 Å². The van der Waals surface area contributed by atoms with Gasteiger partial charge in [-0.2, -0.15) is 0 Å². The molecule has 4 rings (SSSR count). The van der Waals surface area contributed by atoms with Gasteiger partial charge in [0.25, 0.3) is 0 Å². The van der Waals surface area contributed by atoms with Crippen LogP contribution < -0.4 is 15.8 Å². The second-order valence-electron chi connectivity index (χ2n) is 7.26. The molecule has 2 aromatic carbocycles. The van der Waals surface area contributed by atoms with Gasteiger partial charge in [-0.05, 0) is 36.2 Å². The molecule has 0 aliphatic carbocycles. The molecule has 1 amide bonds. The smallest absolute Gasteiger partial charge is 0.229 e. The number of hydrogen-bond acceptors (Lipinski definition) is 4. The Labute approximate surface area is 168 Å². The Morgan fingerprint density at radius 3 is 2.59 bits per heavy atom. The molecule has 0 spiro atoms. The van der Waals surface area contributed by atoms with Crippen molar-refractivity contribution >= 4 is 27.5 Å². The van der Waals surface area contributed by atoms with Crippen molar-refractivity contribution in [2.24, 2.45) is 5.92 Å². The first kappa shape index (κ1) is 18.5. The number of hydrogen-bond donors (Lipinski definition) is 2. The molecule has 2 saturated heterocycles. The summed E-state index contributed by atoms with van der Waals surface area (Å²) in [7, 11) is 0. The van der Waals surface area contributed by atoms with Crippen LogP contribution in [0.4, 0.5) is 5.69 Å². The van der Waals surface area contributed by atoms with Gasteiger partial charge < -0.3 is 9.80 Å². The lowest BCUT2D eigenvalue weighted by Gasteiger charge is -2.38. The molecule has 2 aliphatic heterocycles. The summed E-state index contributed by atoms with van der Waals surface area (Å²) in [6.07, 6.45) is 0. The standard InChI is InChI=1S/C21H25BrN4O/c1-15-5-2-3-8-19(15)25-9-11-26(12-10-25)21(27)18-14-23-24-20(18)16-6-4-7-17(22)13-16/h2-8,13,18,20,23-24H,9-12,14H2,1H3. The highest BCUT2D eigenvalue weighted by molar-refractivity contribution is 9.10.